The zero-order valence-corrected chi connectivity index (χ0v) is 11.3. The van der Waals surface area contributed by atoms with E-state index >= 15 is 0 Å². The Morgan fingerprint density at radius 1 is 0.889 bits per heavy atom. The van der Waals surface area contributed by atoms with Crippen LogP contribution in [0, 0.1) is 17.8 Å². The normalized spacial score (nSPS) is 23.2. The van der Waals surface area contributed by atoms with Gasteiger partial charge in [0, 0.05) is 0 Å². The van der Waals surface area contributed by atoms with Gasteiger partial charge in [0.1, 0.15) is 0 Å². The first-order valence-electron chi connectivity index (χ1n) is 8.01. The molecule has 96 valence electrons. The zero-order chi connectivity index (χ0) is 11.9. The lowest BCUT2D eigenvalue weighted by Crippen LogP contribution is -2.11. The monoisotopic (exact) mass is 240 g/mol. The van der Waals surface area contributed by atoms with Crippen LogP contribution in [0.3, 0.4) is 0 Å². The Bertz CT molecular complexity index is 425. The lowest BCUT2D eigenvalue weighted by molar-refractivity contribution is 0.403. The molecule has 3 aliphatic carbocycles. The molecule has 0 heteroatoms. The van der Waals surface area contributed by atoms with E-state index in [0.29, 0.717) is 0 Å². The van der Waals surface area contributed by atoms with Crippen LogP contribution in [-0.2, 0) is 19.3 Å². The summed E-state index contributed by atoms with van der Waals surface area (Å²) < 4.78 is 0. The average Bonchev–Trinajstić information content (AvgIpc) is 3.29. The van der Waals surface area contributed by atoms with Gasteiger partial charge in [0.2, 0.25) is 0 Å². The Morgan fingerprint density at radius 3 is 2.22 bits per heavy atom. The minimum atomic E-state index is 1.03. The summed E-state index contributed by atoms with van der Waals surface area (Å²) in [5, 5.41) is 0. The van der Waals surface area contributed by atoms with Crippen LogP contribution < -0.4 is 0 Å². The van der Waals surface area contributed by atoms with Crippen LogP contribution >= 0.6 is 0 Å². The molecule has 0 amide bonds. The van der Waals surface area contributed by atoms with Gasteiger partial charge >= 0.3 is 0 Å². The highest BCUT2D eigenvalue weighted by Gasteiger charge is 2.41. The molecule has 2 fully saturated rings. The average molecular weight is 240 g/mol. The number of hydrogen-bond acceptors (Lipinski definition) is 0. The highest BCUT2D eigenvalue weighted by Crippen LogP contribution is 2.50. The van der Waals surface area contributed by atoms with Crippen molar-refractivity contribution in [2.75, 3.05) is 0 Å². The number of hydrogen-bond donors (Lipinski definition) is 0. The molecular weight excluding hydrogens is 216 g/mol. The molecule has 0 saturated heterocycles. The van der Waals surface area contributed by atoms with Gasteiger partial charge in [-0.15, -0.1) is 0 Å². The third kappa shape index (κ3) is 2.22. The SMILES string of the molecule is c1cc2c(cc1CC(C1CC1)C1CC1)CCCC2. The lowest BCUT2D eigenvalue weighted by Gasteiger charge is -2.19. The van der Waals surface area contributed by atoms with E-state index in [2.05, 4.69) is 18.2 Å². The molecule has 0 bridgehead atoms. The van der Waals surface area contributed by atoms with Crippen molar-refractivity contribution in [1.82, 2.24) is 0 Å². The summed E-state index contributed by atoms with van der Waals surface area (Å²) in [6.07, 6.45) is 12.9. The summed E-state index contributed by atoms with van der Waals surface area (Å²) in [5.41, 5.74) is 4.95. The fourth-order valence-electron chi connectivity index (χ4n) is 3.95. The number of rotatable bonds is 4. The largest absolute Gasteiger partial charge is 0.0587 e. The maximum Gasteiger partial charge on any atom is -0.0245 e. The fraction of sp³-hybridized carbons (Fsp3) is 0.667. The molecule has 1 aromatic rings. The van der Waals surface area contributed by atoms with Crippen LogP contribution in [0.25, 0.3) is 0 Å². The molecule has 3 aliphatic rings. The summed E-state index contributed by atoms with van der Waals surface area (Å²) in [6.45, 7) is 0. The van der Waals surface area contributed by atoms with Crippen molar-refractivity contribution in [3.05, 3.63) is 34.9 Å². The zero-order valence-electron chi connectivity index (χ0n) is 11.3. The van der Waals surface area contributed by atoms with Gasteiger partial charge in [-0.05, 0) is 92.2 Å². The third-order valence-electron chi connectivity index (χ3n) is 5.34. The first-order valence-corrected chi connectivity index (χ1v) is 8.01. The molecule has 0 radical (unpaired) electrons. The van der Waals surface area contributed by atoms with Crippen molar-refractivity contribution in [3.8, 4) is 0 Å². The van der Waals surface area contributed by atoms with E-state index in [1.165, 1.54) is 57.8 Å². The van der Waals surface area contributed by atoms with Crippen molar-refractivity contribution in [3.63, 3.8) is 0 Å². The van der Waals surface area contributed by atoms with Crippen LogP contribution in [0.1, 0.15) is 55.2 Å². The molecule has 0 heterocycles. The van der Waals surface area contributed by atoms with Crippen LogP contribution in [0.4, 0.5) is 0 Å². The van der Waals surface area contributed by atoms with Gasteiger partial charge in [-0.2, -0.15) is 0 Å². The van der Waals surface area contributed by atoms with Gasteiger partial charge in [0.05, 0.1) is 0 Å². The molecular formula is C18H24. The van der Waals surface area contributed by atoms with Gasteiger partial charge in [-0.3, -0.25) is 0 Å². The molecule has 4 rings (SSSR count). The number of benzene rings is 1. The minimum Gasteiger partial charge on any atom is -0.0587 e. The van der Waals surface area contributed by atoms with E-state index < -0.39 is 0 Å². The lowest BCUT2D eigenvalue weighted by atomic mass is 9.86. The first-order chi connectivity index (χ1) is 8.90. The summed E-state index contributed by atoms with van der Waals surface area (Å²) >= 11 is 0. The molecule has 0 nitrogen and oxygen atoms in total. The molecule has 0 aromatic heterocycles. The summed E-state index contributed by atoms with van der Waals surface area (Å²) in [7, 11) is 0. The summed E-state index contributed by atoms with van der Waals surface area (Å²) in [6, 6.07) is 7.41. The van der Waals surface area contributed by atoms with E-state index in [1.54, 1.807) is 16.7 Å². The van der Waals surface area contributed by atoms with Crippen LogP contribution in [-0.4, -0.2) is 0 Å². The van der Waals surface area contributed by atoms with Gasteiger partial charge < -0.3 is 0 Å². The fourth-order valence-corrected chi connectivity index (χ4v) is 3.95. The Balaban J connectivity index is 1.53. The Kier molecular flexibility index (Phi) is 2.71. The molecule has 0 spiro atoms. The molecule has 0 aliphatic heterocycles. The summed E-state index contributed by atoms with van der Waals surface area (Å²) in [4.78, 5) is 0. The first kappa shape index (κ1) is 11.1. The summed E-state index contributed by atoms with van der Waals surface area (Å²) in [5.74, 6) is 3.22. The van der Waals surface area contributed by atoms with Gasteiger partial charge in [-0.1, -0.05) is 18.2 Å². The Labute approximate surface area is 111 Å². The topological polar surface area (TPSA) is 0 Å². The molecule has 0 atom stereocenters. The van der Waals surface area contributed by atoms with E-state index in [-0.39, 0.29) is 0 Å². The van der Waals surface area contributed by atoms with Crippen molar-refractivity contribution in [2.45, 2.75) is 57.8 Å². The minimum absolute atomic E-state index is 1.03. The highest BCUT2D eigenvalue weighted by molar-refractivity contribution is 5.34. The smallest absolute Gasteiger partial charge is 0.0245 e. The quantitative estimate of drug-likeness (QED) is 0.724. The second-order valence-corrected chi connectivity index (χ2v) is 6.85. The molecule has 0 unspecified atom stereocenters. The predicted octanol–water partition coefficient (Wildman–Crippen LogP) is 4.54. The van der Waals surface area contributed by atoms with Crippen LogP contribution in [0.2, 0.25) is 0 Å². The maximum atomic E-state index is 2.55. The van der Waals surface area contributed by atoms with Crippen molar-refractivity contribution in [2.24, 2.45) is 17.8 Å². The van der Waals surface area contributed by atoms with Gasteiger partial charge in [0.25, 0.3) is 0 Å². The number of fused-ring (bicyclic) bond motifs is 1. The van der Waals surface area contributed by atoms with E-state index in [1.807, 2.05) is 0 Å². The second kappa shape index (κ2) is 4.40. The van der Waals surface area contributed by atoms with Crippen molar-refractivity contribution < 1.29 is 0 Å². The van der Waals surface area contributed by atoms with Gasteiger partial charge in [0.15, 0.2) is 0 Å². The number of aryl methyl sites for hydroxylation is 2. The Morgan fingerprint density at radius 2 is 1.56 bits per heavy atom. The molecule has 1 aromatic carbocycles. The maximum absolute atomic E-state index is 2.55. The molecule has 2 saturated carbocycles. The molecule has 18 heavy (non-hydrogen) atoms. The highest BCUT2D eigenvalue weighted by atomic mass is 14.5. The van der Waals surface area contributed by atoms with Crippen molar-refractivity contribution >= 4 is 0 Å². The van der Waals surface area contributed by atoms with Gasteiger partial charge in [-0.25, -0.2) is 0 Å². The predicted molar refractivity (Wildman–Crippen MR) is 75.7 cm³/mol. The van der Waals surface area contributed by atoms with Crippen molar-refractivity contribution in [1.29, 1.82) is 0 Å². The second-order valence-electron chi connectivity index (χ2n) is 6.85. The van der Waals surface area contributed by atoms with E-state index in [0.717, 1.165) is 17.8 Å². The standard InChI is InChI=1S/C18H24/c1-2-4-17-11-13(5-6-14(17)3-1)12-18(15-7-8-15)16-9-10-16/h5-6,11,15-16,18H,1-4,7-10,12H2. The van der Waals surface area contributed by atoms with E-state index in [9.17, 15) is 0 Å². The van der Waals surface area contributed by atoms with E-state index in [4.69, 9.17) is 0 Å². The van der Waals surface area contributed by atoms with Crippen LogP contribution in [0.5, 0.6) is 0 Å². The Hall–Kier alpha value is -0.780. The third-order valence-corrected chi connectivity index (χ3v) is 5.34. The van der Waals surface area contributed by atoms with Crippen LogP contribution in [0.15, 0.2) is 18.2 Å². The molecule has 0 N–H and O–H groups in total.